The van der Waals surface area contributed by atoms with E-state index < -0.39 is 5.79 Å². The van der Waals surface area contributed by atoms with Crippen LogP contribution in [-0.2, 0) is 16.0 Å². The predicted molar refractivity (Wildman–Crippen MR) is 73.7 cm³/mol. The summed E-state index contributed by atoms with van der Waals surface area (Å²) in [6.07, 6.45) is 0.786. The Bertz CT molecular complexity index is 526. The fraction of sp³-hybridized carbons (Fsp3) is 0.571. The molecule has 0 spiro atoms. The van der Waals surface area contributed by atoms with Crippen LogP contribution in [-0.4, -0.2) is 35.0 Å². The summed E-state index contributed by atoms with van der Waals surface area (Å²) in [5.74, 6) is -0.412. The van der Waals surface area contributed by atoms with Gasteiger partial charge in [0.2, 0.25) is 0 Å². The molecule has 0 fully saturated rings. The molecule has 1 atom stereocenters. The van der Waals surface area contributed by atoms with Crippen LogP contribution in [0.4, 0.5) is 0 Å². The van der Waals surface area contributed by atoms with Crippen molar-refractivity contribution in [3.05, 3.63) is 24.3 Å². The first kappa shape index (κ1) is 14.0. The van der Waals surface area contributed by atoms with Crippen LogP contribution in [0.5, 0.6) is 0 Å². The van der Waals surface area contributed by atoms with Gasteiger partial charge in [-0.1, -0.05) is 31.2 Å². The molecule has 0 N–H and O–H groups in total. The van der Waals surface area contributed by atoms with Gasteiger partial charge in [-0.15, -0.1) is 5.10 Å². The van der Waals surface area contributed by atoms with Gasteiger partial charge in [-0.05, 0) is 18.6 Å². The Hall–Kier alpha value is -1.46. The summed E-state index contributed by atoms with van der Waals surface area (Å²) in [7, 11) is 3.37. The third kappa shape index (κ3) is 2.48. The molecule has 5 nitrogen and oxygen atoms in total. The van der Waals surface area contributed by atoms with Crippen LogP contribution in [0.25, 0.3) is 11.0 Å². The molecule has 0 bridgehead atoms. The lowest BCUT2D eigenvalue weighted by Gasteiger charge is -2.35. The first-order chi connectivity index (χ1) is 9.16. The minimum Gasteiger partial charge on any atom is -0.353 e. The summed E-state index contributed by atoms with van der Waals surface area (Å²) in [5.41, 5.74) is 1.94. The van der Waals surface area contributed by atoms with E-state index >= 15 is 0 Å². The van der Waals surface area contributed by atoms with Crippen molar-refractivity contribution in [2.45, 2.75) is 32.6 Å². The molecule has 0 amide bonds. The van der Waals surface area contributed by atoms with Crippen molar-refractivity contribution in [3.8, 4) is 0 Å². The first-order valence-corrected chi connectivity index (χ1v) is 6.55. The van der Waals surface area contributed by atoms with Crippen molar-refractivity contribution >= 4 is 11.0 Å². The molecule has 1 aromatic carbocycles. The zero-order valence-corrected chi connectivity index (χ0v) is 12.0. The second kappa shape index (κ2) is 5.67. The molecule has 0 aliphatic rings. The standard InChI is InChI=1S/C14H21N3O2/c1-5-14(18-3,19-4)11(2)10-17-13-9-7-6-8-12(13)15-16-17/h6-9,11H,5,10H2,1-4H3. The third-order valence-corrected chi connectivity index (χ3v) is 3.80. The quantitative estimate of drug-likeness (QED) is 0.751. The molecule has 0 aliphatic carbocycles. The van der Waals surface area contributed by atoms with Gasteiger partial charge in [0.15, 0.2) is 5.79 Å². The molecule has 104 valence electrons. The van der Waals surface area contributed by atoms with E-state index in [0.29, 0.717) is 6.54 Å². The molecule has 1 aromatic heterocycles. The van der Waals surface area contributed by atoms with Crippen LogP contribution in [0.3, 0.4) is 0 Å². The number of methoxy groups -OCH3 is 2. The molecule has 1 unspecified atom stereocenters. The molecular weight excluding hydrogens is 242 g/mol. The maximum atomic E-state index is 5.58. The maximum Gasteiger partial charge on any atom is 0.171 e. The van der Waals surface area contributed by atoms with Gasteiger partial charge in [0, 0.05) is 20.1 Å². The van der Waals surface area contributed by atoms with Crippen molar-refractivity contribution in [3.63, 3.8) is 0 Å². The predicted octanol–water partition coefficient (Wildman–Crippen LogP) is 2.47. The minimum atomic E-state index is -0.576. The summed E-state index contributed by atoms with van der Waals surface area (Å²) >= 11 is 0. The Kier molecular flexibility index (Phi) is 4.17. The second-order valence-corrected chi connectivity index (χ2v) is 4.73. The third-order valence-electron chi connectivity index (χ3n) is 3.80. The SMILES string of the molecule is CCC(OC)(OC)C(C)Cn1nnc2ccccc21. The molecular formula is C14H21N3O2. The van der Waals surface area contributed by atoms with Crippen LogP contribution in [0.1, 0.15) is 20.3 Å². The Morgan fingerprint density at radius 3 is 2.58 bits per heavy atom. The van der Waals surface area contributed by atoms with Gasteiger partial charge in [-0.3, -0.25) is 0 Å². The highest BCUT2D eigenvalue weighted by Gasteiger charge is 2.35. The molecule has 0 saturated heterocycles. The van der Waals surface area contributed by atoms with E-state index in [1.54, 1.807) is 14.2 Å². The normalized spacial score (nSPS) is 13.9. The van der Waals surface area contributed by atoms with Gasteiger partial charge in [0.05, 0.1) is 12.1 Å². The van der Waals surface area contributed by atoms with Gasteiger partial charge in [0.25, 0.3) is 0 Å². The Morgan fingerprint density at radius 1 is 1.26 bits per heavy atom. The van der Waals surface area contributed by atoms with Crippen molar-refractivity contribution in [2.75, 3.05) is 14.2 Å². The molecule has 5 heteroatoms. The van der Waals surface area contributed by atoms with Gasteiger partial charge >= 0.3 is 0 Å². The number of rotatable bonds is 6. The zero-order chi connectivity index (χ0) is 13.9. The lowest BCUT2D eigenvalue weighted by atomic mass is 9.97. The number of aromatic nitrogens is 3. The highest BCUT2D eigenvalue weighted by Crippen LogP contribution is 2.28. The molecule has 0 aliphatic heterocycles. The molecule has 2 aromatic rings. The summed E-state index contributed by atoms with van der Waals surface area (Å²) in [5, 5.41) is 8.37. The lowest BCUT2D eigenvalue weighted by Crippen LogP contribution is -2.42. The number of fused-ring (bicyclic) bond motifs is 1. The van der Waals surface area contributed by atoms with Gasteiger partial charge in [-0.25, -0.2) is 4.68 Å². The lowest BCUT2D eigenvalue weighted by molar-refractivity contribution is -0.240. The van der Waals surface area contributed by atoms with Crippen LogP contribution in [0.2, 0.25) is 0 Å². The van der Waals surface area contributed by atoms with Gasteiger partial charge in [0.1, 0.15) is 5.52 Å². The fourth-order valence-electron chi connectivity index (χ4n) is 2.57. The van der Waals surface area contributed by atoms with Crippen LogP contribution < -0.4 is 0 Å². The number of ether oxygens (including phenoxy) is 2. The summed E-state index contributed by atoms with van der Waals surface area (Å²) in [4.78, 5) is 0. The first-order valence-electron chi connectivity index (χ1n) is 6.55. The Labute approximate surface area is 113 Å². The molecule has 1 heterocycles. The van der Waals surface area contributed by atoms with E-state index in [1.165, 1.54) is 0 Å². The van der Waals surface area contributed by atoms with Crippen molar-refractivity contribution in [1.29, 1.82) is 0 Å². The Morgan fingerprint density at radius 2 is 1.95 bits per heavy atom. The van der Waals surface area contributed by atoms with Crippen LogP contribution in [0.15, 0.2) is 24.3 Å². The fourth-order valence-corrected chi connectivity index (χ4v) is 2.57. The summed E-state index contributed by atoms with van der Waals surface area (Å²) < 4.78 is 13.1. The number of hydrogen-bond acceptors (Lipinski definition) is 4. The van der Waals surface area contributed by atoms with E-state index in [4.69, 9.17) is 9.47 Å². The highest BCUT2D eigenvalue weighted by molar-refractivity contribution is 5.73. The van der Waals surface area contributed by atoms with Crippen molar-refractivity contribution in [1.82, 2.24) is 15.0 Å². The highest BCUT2D eigenvalue weighted by atomic mass is 16.7. The van der Waals surface area contributed by atoms with Gasteiger partial charge in [-0.2, -0.15) is 0 Å². The van der Waals surface area contributed by atoms with E-state index in [2.05, 4.69) is 24.2 Å². The molecule has 0 radical (unpaired) electrons. The summed E-state index contributed by atoms with van der Waals surface area (Å²) in [6.45, 7) is 4.87. The van der Waals surface area contributed by atoms with Crippen molar-refractivity contribution < 1.29 is 9.47 Å². The van der Waals surface area contributed by atoms with Crippen molar-refractivity contribution in [2.24, 2.45) is 5.92 Å². The average Bonchev–Trinajstić information content (AvgIpc) is 2.85. The number of benzene rings is 1. The Balaban J connectivity index is 2.25. The van der Waals surface area contributed by atoms with Gasteiger partial charge < -0.3 is 9.47 Å². The maximum absolute atomic E-state index is 5.58. The average molecular weight is 263 g/mol. The van der Waals surface area contributed by atoms with E-state index in [0.717, 1.165) is 17.5 Å². The molecule has 19 heavy (non-hydrogen) atoms. The number of hydrogen-bond donors (Lipinski definition) is 0. The zero-order valence-electron chi connectivity index (χ0n) is 12.0. The largest absolute Gasteiger partial charge is 0.353 e. The minimum absolute atomic E-state index is 0.164. The van der Waals surface area contributed by atoms with E-state index in [9.17, 15) is 0 Å². The second-order valence-electron chi connectivity index (χ2n) is 4.73. The monoisotopic (exact) mass is 263 g/mol. The van der Waals surface area contributed by atoms with E-state index in [-0.39, 0.29) is 5.92 Å². The van der Waals surface area contributed by atoms with E-state index in [1.807, 2.05) is 28.9 Å². The van der Waals surface area contributed by atoms with Crippen LogP contribution >= 0.6 is 0 Å². The summed E-state index contributed by atoms with van der Waals surface area (Å²) in [6, 6.07) is 7.94. The smallest absolute Gasteiger partial charge is 0.171 e. The number of para-hydroxylation sites is 1. The molecule has 0 saturated carbocycles. The molecule has 2 rings (SSSR count). The number of nitrogens with zero attached hydrogens (tertiary/aromatic N) is 3. The topological polar surface area (TPSA) is 49.2 Å². The van der Waals surface area contributed by atoms with Crippen LogP contribution in [0, 0.1) is 5.92 Å².